The number of hydrogen-bond acceptors (Lipinski definition) is 5. The Balaban J connectivity index is 1.76. The molecular formula is C22H29N3O4. The van der Waals surface area contributed by atoms with Crippen LogP contribution in [-0.4, -0.2) is 34.1 Å². The average molecular weight is 399 g/mol. The summed E-state index contributed by atoms with van der Waals surface area (Å²) in [7, 11) is 0. The van der Waals surface area contributed by atoms with E-state index in [1.807, 2.05) is 20.8 Å². The summed E-state index contributed by atoms with van der Waals surface area (Å²) in [5.74, 6) is 0.126. The number of nitrogens with zero attached hydrogens (tertiary/aromatic N) is 2. The van der Waals surface area contributed by atoms with Crippen LogP contribution in [0.4, 0.5) is 0 Å². The van der Waals surface area contributed by atoms with Crippen LogP contribution >= 0.6 is 0 Å². The maximum Gasteiger partial charge on any atom is 0.338 e. The number of nitrogens with one attached hydrogen (secondary N) is 1. The maximum absolute atomic E-state index is 12.8. The predicted molar refractivity (Wildman–Crippen MR) is 111 cm³/mol. The second kappa shape index (κ2) is 9.20. The topological polar surface area (TPSA) is 90.3 Å². The SMILES string of the molecule is CC(C)[C@@H](C)NC(=O)COC(=O)c1ccc2c(=O)n3c(nc2c1)CCCCCC3. The zero-order chi connectivity index (χ0) is 21.0. The normalized spacial score (nSPS) is 15.3. The van der Waals surface area contributed by atoms with Crippen LogP contribution in [-0.2, 0) is 22.5 Å². The van der Waals surface area contributed by atoms with E-state index in [4.69, 9.17) is 4.74 Å². The molecule has 29 heavy (non-hydrogen) atoms. The molecule has 1 aliphatic heterocycles. The quantitative estimate of drug-likeness (QED) is 0.781. The van der Waals surface area contributed by atoms with E-state index >= 15 is 0 Å². The number of fused-ring (bicyclic) bond motifs is 2. The van der Waals surface area contributed by atoms with Crippen LogP contribution in [0.25, 0.3) is 10.9 Å². The fourth-order valence-electron chi connectivity index (χ4n) is 3.40. The molecule has 0 radical (unpaired) electrons. The zero-order valence-electron chi connectivity index (χ0n) is 17.4. The molecule has 1 aromatic heterocycles. The maximum atomic E-state index is 12.8. The van der Waals surface area contributed by atoms with Crippen LogP contribution in [0.3, 0.4) is 0 Å². The van der Waals surface area contributed by atoms with Gasteiger partial charge in [0.05, 0.1) is 16.5 Å². The van der Waals surface area contributed by atoms with Gasteiger partial charge in [0.1, 0.15) is 5.82 Å². The van der Waals surface area contributed by atoms with Crippen LogP contribution < -0.4 is 10.9 Å². The van der Waals surface area contributed by atoms with Crippen LogP contribution in [0.2, 0.25) is 0 Å². The highest BCUT2D eigenvalue weighted by Crippen LogP contribution is 2.17. The van der Waals surface area contributed by atoms with Crippen LogP contribution in [0.5, 0.6) is 0 Å². The lowest BCUT2D eigenvalue weighted by molar-refractivity contribution is -0.125. The number of rotatable bonds is 5. The van der Waals surface area contributed by atoms with Crippen LogP contribution in [0, 0.1) is 5.92 Å². The van der Waals surface area contributed by atoms with Gasteiger partial charge in [-0.3, -0.25) is 14.2 Å². The molecule has 7 heteroatoms. The molecule has 2 heterocycles. The molecule has 2 aromatic rings. The molecule has 1 amide bonds. The summed E-state index contributed by atoms with van der Waals surface area (Å²) < 4.78 is 6.90. The molecule has 1 aromatic carbocycles. The first kappa shape index (κ1) is 21.0. The van der Waals surface area contributed by atoms with Crippen LogP contribution in [0.1, 0.15) is 62.6 Å². The highest BCUT2D eigenvalue weighted by atomic mass is 16.5. The van der Waals surface area contributed by atoms with Gasteiger partial charge < -0.3 is 10.1 Å². The van der Waals surface area contributed by atoms with Crippen molar-refractivity contribution in [2.75, 3.05) is 6.61 Å². The van der Waals surface area contributed by atoms with Gasteiger partial charge in [-0.25, -0.2) is 9.78 Å². The van der Waals surface area contributed by atoms with Crippen molar-refractivity contribution in [2.45, 2.75) is 65.5 Å². The highest BCUT2D eigenvalue weighted by molar-refractivity contribution is 5.95. The second-order valence-electron chi connectivity index (χ2n) is 8.06. The monoisotopic (exact) mass is 399 g/mol. The molecule has 0 unspecified atom stereocenters. The molecule has 0 fully saturated rings. The van der Waals surface area contributed by atoms with Crippen molar-refractivity contribution in [3.05, 3.63) is 39.9 Å². The number of benzene rings is 1. The van der Waals surface area contributed by atoms with E-state index in [2.05, 4.69) is 10.3 Å². The molecule has 3 rings (SSSR count). The summed E-state index contributed by atoms with van der Waals surface area (Å²) in [6.45, 7) is 6.26. The molecule has 1 atom stereocenters. The zero-order valence-corrected chi connectivity index (χ0v) is 17.4. The van der Waals surface area contributed by atoms with E-state index in [1.165, 1.54) is 0 Å². The lowest BCUT2D eigenvalue weighted by Crippen LogP contribution is -2.38. The molecule has 156 valence electrons. The Morgan fingerprint density at radius 3 is 2.69 bits per heavy atom. The van der Waals surface area contributed by atoms with Crippen molar-refractivity contribution < 1.29 is 14.3 Å². The molecular weight excluding hydrogens is 370 g/mol. The Bertz CT molecular complexity index is 964. The number of ether oxygens (including phenoxy) is 1. The van der Waals surface area contributed by atoms with E-state index in [-0.39, 0.29) is 29.7 Å². The Kier molecular flexibility index (Phi) is 6.67. The second-order valence-corrected chi connectivity index (χ2v) is 8.06. The van der Waals surface area contributed by atoms with Gasteiger partial charge in [-0.15, -0.1) is 0 Å². The minimum absolute atomic E-state index is 0.00138. The molecule has 0 saturated carbocycles. The smallest absolute Gasteiger partial charge is 0.338 e. The molecule has 0 saturated heterocycles. The average Bonchev–Trinajstić information content (AvgIpc) is 2.67. The minimum atomic E-state index is -0.604. The Hall–Kier alpha value is -2.70. The molecule has 1 aliphatic rings. The summed E-state index contributed by atoms with van der Waals surface area (Å²) in [5, 5.41) is 3.29. The summed E-state index contributed by atoms with van der Waals surface area (Å²) in [6, 6.07) is 4.75. The molecule has 0 bridgehead atoms. The van der Waals surface area contributed by atoms with Gasteiger partial charge >= 0.3 is 5.97 Å². The number of hydrogen-bond donors (Lipinski definition) is 1. The molecule has 0 aliphatic carbocycles. The minimum Gasteiger partial charge on any atom is -0.452 e. The van der Waals surface area contributed by atoms with Gasteiger partial charge in [-0.1, -0.05) is 26.7 Å². The summed E-state index contributed by atoms with van der Waals surface area (Å²) >= 11 is 0. The fraction of sp³-hybridized carbons (Fsp3) is 0.545. The Labute approximate surface area is 170 Å². The van der Waals surface area contributed by atoms with E-state index < -0.39 is 5.97 Å². The fourth-order valence-corrected chi connectivity index (χ4v) is 3.40. The number of amides is 1. The standard InChI is InChI=1S/C22H29N3O4/c1-14(2)15(3)23-20(26)13-29-22(28)16-9-10-17-18(12-16)24-19-8-6-4-5-7-11-25(19)21(17)27/h9-10,12,14-15H,4-8,11,13H2,1-3H3,(H,23,26)/t15-/m1/s1. The third-order valence-electron chi connectivity index (χ3n) is 5.53. The van der Waals surface area contributed by atoms with E-state index in [1.54, 1.807) is 22.8 Å². The first-order valence-corrected chi connectivity index (χ1v) is 10.4. The third kappa shape index (κ3) is 5.02. The first-order valence-electron chi connectivity index (χ1n) is 10.4. The van der Waals surface area contributed by atoms with Gasteiger partial charge in [-0.05, 0) is 43.9 Å². The number of aryl methyl sites for hydroxylation is 1. The lowest BCUT2D eigenvalue weighted by atomic mass is 10.1. The Morgan fingerprint density at radius 2 is 1.93 bits per heavy atom. The number of carbonyl (C=O) groups excluding carboxylic acids is 2. The number of aromatic nitrogens is 2. The van der Waals surface area contributed by atoms with Gasteiger partial charge in [0.2, 0.25) is 0 Å². The largest absolute Gasteiger partial charge is 0.452 e. The molecule has 0 spiro atoms. The summed E-state index contributed by atoms with van der Waals surface area (Å²) in [5.41, 5.74) is 0.716. The van der Waals surface area contributed by atoms with Crippen LogP contribution in [0.15, 0.2) is 23.0 Å². The first-order chi connectivity index (χ1) is 13.9. The van der Waals surface area contributed by atoms with Crippen molar-refractivity contribution >= 4 is 22.8 Å². The van der Waals surface area contributed by atoms with Gasteiger partial charge in [-0.2, -0.15) is 0 Å². The van der Waals surface area contributed by atoms with Gasteiger partial charge in [0.25, 0.3) is 11.5 Å². The van der Waals surface area contributed by atoms with Gasteiger partial charge in [0, 0.05) is 19.0 Å². The predicted octanol–water partition coefficient (Wildman–Crippen LogP) is 2.83. The number of carbonyl (C=O) groups is 2. The third-order valence-corrected chi connectivity index (χ3v) is 5.53. The summed E-state index contributed by atoms with van der Waals surface area (Å²) in [6.07, 6.45) is 5.00. The summed E-state index contributed by atoms with van der Waals surface area (Å²) in [4.78, 5) is 41.8. The van der Waals surface area contributed by atoms with Crippen molar-refractivity contribution in [1.29, 1.82) is 0 Å². The lowest BCUT2D eigenvalue weighted by Gasteiger charge is -2.17. The van der Waals surface area contributed by atoms with Crippen molar-refractivity contribution in [1.82, 2.24) is 14.9 Å². The van der Waals surface area contributed by atoms with E-state index in [0.29, 0.717) is 23.4 Å². The number of esters is 1. The highest BCUT2D eigenvalue weighted by Gasteiger charge is 2.17. The molecule has 1 N–H and O–H groups in total. The Morgan fingerprint density at radius 1 is 1.17 bits per heavy atom. The molecule has 7 nitrogen and oxygen atoms in total. The van der Waals surface area contributed by atoms with Crippen molar-refractivity contribution in [3.63, 3.8) is 0 Å². The van der Waals surface area contributed by atoms with E-state index in [0.717, 1.165) is 37.9 Å². The van der Waals surface area contributed by atoms with Crippen molar-refractivity contribution in [3.8, 4) is 0 Å². The van der Waals surface area contributed by atoms with Gasteiger partial charge in [0.15, 0.2) is 6.61 Å². The van der Waals surface area contributed by atoms with Crippen molar-refractivity contribution in [2.24, 2.45) is 5.92 Å². The van der Waals surface area contributed by atoms with E-state index in [9.17, 15) is 14.4 Å².